The Bertz CT molecular complexity index is 534. The van der Waals surface area contributed by atoms with Crippen LogP contribution in [-0.4, -0.2) is 12.1 Å². The number of ether oxygens (including phenoxy) is 1. The molecule has 1 aromatic carbocycles. The molecule has 1 heterocycles. The van der Waals surface area contributed by atoms with Crippen molar-refractivity contribution in [1.29, 1.82) is 0 Å². The molecule has 4 heteroatoms. The first kappa shape index (κ1) is 13.1. The highest BCUT2D eigenvalue weighted by Gasteiger charge is 2.17. The minimum absolute atomic E-state index is 0.433. The van der Waals surface area contributed by atoms with Crippen molar-refractivity contribution in [3.8, 4) is 17.0 Å². The normalized spacial score (nSPS) is 10.9. The lowest BCUT2D eigenvalue weighted by Gasteiger charge is -2.09. The molecule has 0 aliphatic heterocycles. The van der Waals surface area contributed by atoms with Crippen molar-refractivity contribution < 1.29 is 4.74 Å². The maximum atomic E-state index is 5.70. The van der Waals surface area contributed by atoms with Crippen molar-refractivity contribution in [3.05, 3.63) is 34.2 Å². The molecule has 0 saturated carbocycles. The molecule has 0 unspecified atom stereocenters. The number of nitrogens with two attached hydrogens (primary N) is 1. The molecule has 0 bridgehead atoms. The monoisotopic (exact) mass is 262 g/mol. The highest BCUT2D eigenvalue weighted by atomic mass is 32.1. The molecule has 3 nitrogen and oxygen atoms in total. The average molecular weight is 262 g/mol. The summed E-state index contributed by atoms with van der Waals surface area (Å²) in [7, 11) is 1.68. The number of para-hydroxylation sites is 1. The third-order valence-corrected chi connectivity index (χ3v) is 4.14. The van der Waals surface area contributed by atoms with Gasteiger partial charge in [-0.2, -0.15) is 0 Å². The van der Waals surface area contributed by atoms with Crippen LogP contribution in [0.4, 0.5) is 0 Å². The van der Waals surface area contributed by atoms with Gasteiger partial charge in [0.15, 0.2) is 0 Å². The van der Waals surface area contributed by atoms with Crippen LogP contribution < -0.4 is 10.5 Å². The van der Waals surface area contributed by atoms with Crippen LogP contribution in [0, 0.1) is 0 Å². The van der Waals surface area contributed by atoms with E-state index in [-0.39, 0.29) is 0 Å². The number of methoxy groups -OCH3 is 1. The summed E-state index contributed by atoms with van der Waals surface area (Å²) in [5.74, 6) is 1.29. The van der Waals surface area contributed by atoms with Gasteiger partial charge in [0.05, 0.1) is 12.8 Å². The summed E-state index contributed by atoms with van der Waals surface area (Å²) in [5, 5.41) is 0.972. The van der Waals surface area contributed by atoms with E-state index in [9.17, 15) is 0 Å². The van der Waals surface area contributed by atoms with Gasteiger partial charge in [-0.1, -0.05) is 26.0 Å². The first-order chi connectivity index (χ1) is 8.67. The van der Waals surface area contributed by atoms with E-state index in [2.05, 4.69) is 18.8 Å². The molecule has 0 aliphatic rings. The Kier molecular flexibility index (Phi) is 3.99. The highest BCUT2D eigenvalue weighted by molar-refractivity contribution is 7.12. The molecule has 0 amide bonds. The van der Waals surface area contributed by atoms with Crippen LogP contribution in [0.5, 0.6) is 5.75 Å². The fourth-order valence-corrected chi connectivity index (χ4v) is 2.85. The molecule has 2 N–H and O–H groups in total. The predicted molar refractivity (Wildman–Crippen MR) is 76.1 cm³/mol. The van der Waals surface area contributed by atoms with E-state index in [0.717, 1.165) is 22.0 Å². The quantitative estimate of drug-likeness (QED) is 0.918. The number of hydrogen-bond acceptors (Lipinski definition) is 4. The smallest absolute Gasteiger partial charge is 0.128 e. The van der Waals surface area contributed by atoms with Gasteiger partial charge >= 0.3 is 0 Å². The van der Waals surface area contributed by atoms with Crippen LogP contribution in [0.25, 0.3) is 11.3 Å². The summed E-state index contributed by atoms with van der Waals surface area (Å²) < 4.78 is 5.41. The SMILES string of the molecule is COc1ccccc1-c1nc(CN)sc1C(C)C. The van der Waals surface area contributed by atoms with Crippen LogP contribution >= 0.6 is 11.3 Å². The molecule has 0 radical (unpaired) electrons. The number of rotatable bonds is 4. The van der Waals surface area contributed by atoms with E-state index >= 15 is 0 Å². The van der Waals surface area contributed by atoms with Crippen molar-refractivity contribution >= 4 is 11.3 Å². The lowest BCUT2D eigenvalue weighted by Crippen LogP contribution is -1.95. The van der Waals surface area contributed by atoms with Crippen LogP contribution in [-0.2, 0) is 6.54 Å². The van der Waals surface area contributed by atoms with E-state index in [4.69, 9.17) is 10.5 Å². The van der Waals surface area contributed by atoms with Gasteiger partial charge in [-0.05, 0) is 18.1 Å². The second-order valence-electron chi connectivity index (χ2n) is 4.38. The Morgan fingerprint density at radius 2 is 2.06 bits per heavy atom. The molecule has 0 aliphatic carbocycles. The minimum atomic E-state index is 0.433. The fraction of sp³-hybridized carbons (Fsp3) is 0.357. The van der Waals surface area contributed by atoms with E-state index in [1.165, 1.54) is 4.88 Å². The van der Waals surface area contributed by atoms with E-state index < -0.39 is 0 Å². The molecule has 0 atom stereocenters. The molecule has 96 valence electrons. The second-order valence-corrected chi connectivity index (χ2v) is 5.49. The van der Waals surface area contributed by atoms with Gasteiger partial charge < -0.3 is 10.5 Å². The number of aromatic nitrogens is 1. The summed E-state index contributed by atoms with van der Waals surface area (Å²) in [6.07, 6.45) is 0. The standard InChI is InChI=1S/C14H18N2OS/c1-9(2)14-13(16-12(8-15)18-14)10-6-4-5-7-11(10)17-3/h4-7,9H,8,15H2,1-3H3. The molecule has 1 aromatic heterocycles. The molecule has 0 spiro atoms. The van der Waals surface area contributed by atoms with Crippen molar-refractivity contribution in [3.63, 3.8) is 0 Å². The van der Waals surface area contributed by atoms with Crippen LogP contribution in [0.1, 0.15) is 29.7 Å². The Balaban J connectivity index is 2.58. The van der Waals surface area contributed by atoms with Crippen molar-refractivity contribution in [1.82, 2.24) is 4.98 Å². The Morgan fingerprint density at radius 3 is 2.67 bits per heavy atom. The lowest BCUT2D eigenvalue weighted by atomic mass is 10.0. The molecule has 0 saturated heterocycles. The van der Waals surface area contributed by atoms with Crippen LogP contribution in [0.2, 0.25) is 0 Å². The van der Waals surface area contributed by atoms with Crippen LogP contribution in [0.3, 0.4) is 0 Å². The van der Waals surface area contributed by atoms with Gasteiger partial charge in [-0.3, -0.25) is 0 Å². The van der Waals surface area contributed by atoms with Gasteiger partial charge in [0.2, 0.25) is 0 Å². The maximum Gasteiger partial charge on any atom is 0.128 e. The van der Waals surface area contributed by atoms with Gasteiger partial charge in [-0.25, -0.2) is 4.98 Å². The summed E-state index contributed by atoms with van der Waals surface area (Å²) in [6.45, 7) is 4.83. The number of benzene rings is 1. The van der Waals surface area contributed by atoms with Crippen molar-refractivity contribution in [2.75, 3.05) is 7.11 Å². The predicted octanol–water partition coefficient (Wildman–Crippen LogP) is 3.40. The summed E-state index contributed by atoms with van der Waals surface area (Å²) >= 11 is 1.69. The zero-order valence-corrected chi connectivity index (χ0v) is 11.8. The zero-order valence-electron chi connectivity index (χ0n) is 10.9. The molecular weight excluding hydrogens is 244 g/mol. The third-order valence-electron chi connectivity index (χ3n) is 2.76. The topological polar surface area (TPSA) is 48.1 Å². The van der Waals surface area contributed by atoms with Crippen molar-refractivity contribution in [2.24, 2.45) is 5.73 Å². The van der Waals surface area contributed by atoms with Gasteiger partial charge in [-0.15, -0.1) is 11.3 Å². The number of nitrogens with zero attached hydrogens (tertiary/aromatic N) is 1. The molecule has 2 rings (SSSR count). The molecule has 18 heavy (non-hydrogen) atoms. The minimum Gasteiger partial charge on any atom is -0.496 e. The molecule has 0 fully saturated rings. The first-order valence-electron chi connectivity index (χ1n) is 6.00. The van der Waals surface area contributed by atoms with Crippen molar-refractivity contribution in [2.45, 2.75) is 26.3 Å². The van der Waals surface area contributed by atoms with Crippen LogP contribution in [0.15, 0.2) is 24.3 Å². The molecular formula is C14H18N2OS. The highest BCUT2D eigenvalue weighted by Crippen LogP contribution is 2.37. The van der Waals surface area contributed by atoms with Gasteiger partial charge in [0.1, 0.15) is 10.8 Å². The van der Waals surface area contributed by atoms with Gasteiger partial charge in [0, 0.05) is 17.0 Å². The summed E-state index contributed by atoms with van der Waals surface area (Å²) in [6, 6.07) is 7.97. The zero-order chi connectivity index (χ0) is 13.1. The summed E-state index contributed by atoms with van der Waals surface area (Å²) in [5.41, 5.74) is 7.75. The Hall–Kier alpha value is -1.39. The average Bonchev–Trinajstić information content (AvgIpc) is 2.83. The third kappa shape index (κ3) is 2.40. The van der Waals surface area contributed by atoms with E-state index in [0.29, 0.717) is 12.5 Å². The molecule has 2 aromatic rings. The lowest BCUT2D eigenvalue weighted by molar-refractivity contribution is 0.416. The Morgan fingerprint density at radius 1 is 1.33 bits per heavy atom. The summed E-state index contributed by atoms with van der Waals surface area (Å²) in [4.78, 5) is 5.91. The number of thiazole rings is 1. The number of hydrogen-bond donors (Lipinski definition) is 1. The second kappa shape index (κ2) is 5.50. The van der Waals surface area contributed by atoms with Gasteiger partial charge in [0.25, 0.3) is 0 Å². The first-order valence-corrected chi connectivity index (χ1v) is 6.82. The van der Waals surface area contributed by atoms with E-state index in [1.807, 2.05) is 24.3 Å². The Labute approximate surface area is 112 Å². The van der Waals surface area contributed by atoms with E-state index in [1.54, 1.807) is 18.4 Å². The maximum absolute atomic E-state index is 5.70. The largest absolute Gasteiger partial charge is 0.496 e. The fourth-order valence-electron chi connectivity index (χ4n) is 1.89.